The van der Waals surface area contributed by atoms with E-state index < -0.39 is 6.10 Å². The zero-order chi connectivity index (χ0) is 15.4. The molecule has 1 aliphatic heterocycles. The molecule has 0 radical (unpaired) electrons. The van der Waals surface area contributed by atoms with Gasteiger partial charge in [0.25, 0.3) is 0 Å². The van der Waals surface area contributed by atoms with Crippen molar-refractivity contribution < 1.29 is 9.84 Å². The van der Waals surface area contributed by atoms with Crippen molar-refractivity contribution in [3.8, 4) is 0 Å². The van der Waals surface area contributed by atoms with Crippen molar-refractivity contribution in [3.63, 3.8) is 0 Å². The molecule has 5 heteroatoms. The lowest BCUT2D eigenvalue weighted by atomic mass is 10.00. The van der Waals surface area contributed by atoms with E-state index in [1.807, 2.05) is 22.9 Å². The topological polar surface area (TPSA) is 60.2 Å². The van der Waals surface area contributed by atoms with Crippen LogP contribution in [0.2, 0.25) is 0 Å². The lowest BCUT2D eigenvalue weighted by Gasteiger charge is -2.18. The molecule has 0 aliphatic carbocycles. The molecule has 5 nitrogen and oxygen atoms in total. The highest BCUT2D eigenvalue weighted by Crippen LogP contribution is 2.25. The van der Waals surface area contributed by atoms with E-state index in [2.05, 4.69) is 22.2 Å². The highest BCUT2D eigenvalue weighted by atomic mass is 16.5. The highest BCUT2D eigenvalue weighted by molar-refractivity contribution is 5.14. The normalized spacial score (nSPS) is 17.5. The van der Waals surface area contributed by atoms with Crippen molar-refractivity contribution in [2.24, 2.45) is 0 Å². The summed E-state index contributed by atoms with van der Waals surface area (Å²) in [7, 11) is 0. The van der Waals surface area contributed by atoms with Crippen molar-refractivity contribution in [1.29, 1.82) is 0 Å². The van der Waals surface area contributed by atoms with Gasteiger partial charge in [-0.3, -0.25) is 0 Å². The SMILES string of the molecule is C[C@@H](O)c1nc(C2CCOCC2)nn1CCc1ccccc1. The second kappa shape index (κ2) is 7.03. The monoisotopic (exact) mass is 301 g/mol. The lowest BCUT2D eigenvalue weighted by Crippen LogP contribution is -2.15. The van der Waals surface area contributed by atoms with E-state index in [1.54, 1.807) is 6.92 Å². The van der Waals surface area contributed by atoms with Crippen molar-refractivity contribution >= 4 is 0 Å². The van der Waals surface area contributed by atoms with Crippen molar-refractivity contribution in [2.75, 3.05) is 13.2 Å². The summed E-state index contributed by atoms with van der Waals surface area (Å²) >= 11 is 0. The van der Waals surface area contributed by atoms with E-state index in [9.17, 15) is 5.11 Å². The molecular weight excluding hydrogens is 278 g/mol. The fraction of sp³-hybridized carbons (Fsp3) is 0.529. The van der Waals surface area contributed by atoms with Gasteiger partial charge in [0.1, 0.15) is 6.10 Å². The molecule has 0 saturated carbocycles. The van der Waals surface area contributed by atoms with Crippen LogP contribution in [0.4, 0.5) is 0 Å². The second-order valence-corrected chi connectivity index (χ2v) is 5.85. The number of rotatable bonds is 5. The minimum absolute atomic E-state index is 0.351. The molecule has 2 heterocycles. The fourth-order valence-electron chi connectivity index (χ4n) is 2.85. The van der Waals surface area contributed by atoms with E-state index in [-0.39, 0.29) is 0 Å². The van der Waals surface area contributed by atoms with Crippen LogP contribution in [0.1, 0.15) is 49.0 Å². The summed E-state index contributed by atoms with van der Waals surface area (Å²) < 4.78 is 7.26. The van der Waals surface area contributed by atoms with E-state index in [1.165, 1.54) is 5.56 Å². The zero-order valence-corrected chi connectivity index (χ0v) is 13.0. The number of ether oxygens (including phenoxy) is 1. The van der Waals surface area contributed by atoms with Crippen LogP contribution < -0.4 is 0 Å². The molecule has 1 N–H and O–H groups in total. The van der Waals surface area contributed by atoms with Crippen LogP contribution in [-0.2, 0) is 17.7 Å². The Morgan fingerprint density at radius 3 is 2.68 bits per heavy atom. The Labute approximate surface area is 131 Å². The second-order valence-electron chi connectivity index (χ2n) is 5.85. The van der Waals surface area contributed by atoms with Gasteiger partial charge in [-0.05, 0) is 31.7 Å². The first-order valence-electron chi connectivity index (χ1n) is 7.98. The molecule has 0 amide bonds. The number of aromatic nitrogens is 3. The molecule has 0 spiro atoms. The van der Waals surface area contributed by atoms with Gasteiger partial charge in [-0.1, -0.05) is 30.3 Å². The van der Waals surface area contributed by atoms with Crippen LogP contribution in [0, 0.1) is 0 Å². The third-order valence-electron chi connectivity index (χ3n) is 4.13. The Hall–Kier alpha value is -1.72. The van der Waals surface area contributed by atoms with Gasteiger partial charge in [0, 0.05) is 25.7 Å². The molecule has 1 atom stereocenters. The summed E-state index contributed by atoms with van der Waals surface area (Å²) in [6.07, 6.45) is 2.21. The van der Waals surface area contributed by atoms with Gasteiger partial charge >= 0.3 is 0 Å². The molecular formula is C17H23N3O2. The molecule has 0 unspecified atom stereocenters. The summed E-state index contributed by atoms with van der Waals surface area (Å²) in [6.45, 7) is 4.03. The Bertz CT molecular complexity index is 589. The minimum Gasteiger partial charge on any atom is -0.385 e. The maximum Gasteiger partial charge on any atom is 0.155 e. The molecule has 3 rings (SSSR count). The predicted molar refractivity (Wildman–Crippen MR) is 83.6 cm³/mol. The van der Waals surface area contributed by atoms with Crippen LogP contribution in [0.3, 0.4) is 0 Å². The number of benzene rings is 1. The summed E-state index contributed by atoms with van der Waals surface area (Å²) in [4.78, 5) is 4.59. The number of nitrogens with zero attached hydrogens (tertiary/aromatic N) is 3. The third kappa shape index (κ3) is 3.54. The molecule has 1 saturated heterocycles. The molecule has 1 aromatic carbocycles. The average Bonchev–Trinajstić information content (AvgIpc) is 2.99. The summed E-state index contributed by atoms with van der Waals surface area (Å²) in [5.74, 6) is 1.87. The first kappa shape index (κ1) is 15.2. The van der Waals surface area contributed by atoms with Gasteiger partial charge in [-0.2, -0.15) is 5.10 Å². The van der Waals surface area contributed by atoms with Gasteiger partial charge in [0.2, 0.25) is 0 Å². The zero-order valence-electron chi connectivity index (χ0n) is 13.0. The van der Waals surface area contributed by atoms with Gasteiger partial charge in [0.05, 0.1) is 0 Å². The molecule has 2 aromatic rings. The molecule has 1 fully saturated rings. The number of aliphatic hydroxyl groups is 1. The van der Waals surface area contributed by atoms with E-state index in [4.69, 9.17) is 4.74 Å². The van der Waals surface area contributed by atoms with E-state index in [0.29, 0.717) is 11.7 Å². The quantitative estimate of drug-likeness (QED) is 0.921. The molecule has 1 aromatic heterocycles. The summed E-state index contributed by atoms with van der Waals surface area (Å²) in [6, 6.07) is 10.3. The maximum atomic E-state index is 9.97. The largest absolute Gasteiger partial charge is 0.385 e. The van der Waals surface area contributed by atoms with E-state index >= 15 is 0 Å². The lowest BCUT2D eigenvalue weighted by molar-refractivity contribution is 0.0835. The van der Waals surface area contributed by atoms with Crippen molar-refractivity contribution in [2.45, 2.75) is 44.8 Å². The summed E-state index contributed by atoms with van der Waals surface area (Å²) in [5, 5.41) is 14.6. The van der Waals surface area contributed by atoms with Gasteiger partial charge < -0.3 is 9.84 Å². The molecule has 118 valence electrons. The van der Waals surface area contributed by atoms with E-state index in [0.717, 1.165) is 44.8 Å². The molecule has 0 bridgehead atoms. The van der Waals surface area contributed by atoms with Crippen LogP contribution in [0.15, 0.2) is 30.3 Å². The van der Waals surface area contributed by atoms with Gasteiger partial charge in [-0.15, -0.1) is 0 Å². The first-order valence-corrected chi connectivity index (χ1v) is 7.98. The van der Waals surface area contributed by atoms with Crippen LogP contribution in [-0.4, -0.2) is 33.1 Å². The molecule has 22 heavy (non-hydrogen) atoms. The fourth-order valence-corrected chi connectivity index (χ4v) is 2.85. The smallest absolute Gasteiger partial charge is 0.155 e. The Morgan fingerprint density at radius 2 is 2.00 bits per heavy atom. The number of hydrogen-bond donors (Lipinski definition) is 1. The number of aliphatic hydroxyl groups excluding tert-OH is 1. The average molecular weight is 301 g/mol. The Morgan fingerprint density at radius 1 is 1.27 bits per heavy atom. The molecule has 1 aliphatic rings. The van der Waals surface area contributed by atoms with Crippen molar-refractivity contribution in [3.05, 3.63) is 47.5 Å². The maximum absolute atomic E-state index is 9.97. The third-order valence-corrected chi connectivity index (χ3v) is 4.13. The number of hydrogen-bond acceptors (Lipinski definition) is 4. The predicted octanol–water partition coefficient (Wildman–Crippen LogP) is 2.47. The Kier molecular flexibility index (Phi) is 4.85. The minimum atomic E-state index is -0.600. The first-order chi connectivity index (χ1) is 10.7. The van der Waals surface area contributed by atoms with Gasteiger partial charge in [0.15, 0.2) is 11.6 Å². The van der Waals surface area contributed by atoms with Gasteiger partial charge in [-0.25, -0.2) is 9.67 Å². The Balaban J connectivity index is 1.75. The van der Waals surface area contributed by atoms with Crippen LogP contribution in [0.5, 0.6) is 0 Å². The van der Waals surface area contributed by atoms with Crippen molar-refractivity contribution in [1.82, 2.24) is 14.8 Å². The summed E-state index contributed by atoms with van der Waals surface area (Å²) in [5.41, 5.74) is 1.27. The highest BCUT2D eigenvalue weighted by Gasteiger charge is 2.23. The standard InChI is InChI=1S/C17H23N3O2/c1-13(21)17-18-16(15-8-11-22-12-9-15)19-20(17)10-7-14-5-3-2-4-6-14/h2-6,13,15,21H,7-12H2,1H3/t13-/m1/s1. The van der Waals surface area contributed by atoms with Crippen LogP contribution in [0.25, 0.3) is 0 Å². The van der Waals surface area contributed by atoms with Crippen LogP contribution >= 0.6 is 0 Å². The number of aryl methyl sites for hydroxylation is 2.